The minimum atomic E-state index is 0.612. The fraction of sp³-hybridized carbons (Fsp3) is 0.647. The summed E-state index contributed by atoms with van der Waals surface area (Å²) in [5, 5.41) is 0. The summed E-state index contributed by atoms with van der Waals surface area (Å²) in [6.07, 6.45) is 4.21. The van der Waals surface area contributed by atoms with Gasteiger partial charge < -0.3 is 4.90 Å². The number of hydrogen-bond acceptors (Lipinski definition) is 2. The van der Waals surface area contributed by atoms with Crippen LogP contribution in [0.4, 0.5) is 5.69 Å². The molecule has 2 saturated heterocycles. The Labute approximate surface area is 117 Å². The van der Waals surface area contributed by atoms with Crippen molar-refractivity contribution in [1.82, 2.24) is 4.90 Å². The van der Waals surface area contributed by atoms with Crippen LogP contribution in [0.2, 0.25) is 0 Å². The Balaban J connectivity index is 1.79. The highest BCUT2D eigenvalue weighted by molar-refractivity contribution is 5.55. The van der Waals surface area contributed by atoms with Gasteiger partial charge in [-0.3, -0.25) is 4.90 Å². The molecule has 0 aromatic heterocycles. The smallest absolute Gasteiger partial charge is 0.0402 e. The molecule has 0 spiro atoms. The zero-order chi connectivity index (χ0) is 13.2. The Morgan fingerprint density at radius 2 is 1.89 bits per heavy atom. The van der Waals surface area contributed by atoms with Gasteiger partial charge in [0.1, 0.15) is 0 Å². The predicted octanol–water partition coefficient (Wildman–Crippen LogP) is 3.48. The van der Waals surface area contributed by atoms with E-state index in [-0.39, 0.29) is 0 Å². The molecule has 0 aliphatic carbocycles. The maximum absolute atomic E-state index is 2.71. The molecular formula is C17H26N2. The fourth-order valence-electron chi connectivity index (χ4n) is 3.64. The molecule has 2 nitrogen and oxygen atoms in total. The number of piperidine rings is 1. The first-order chi connectivity index (χ1) is 9.25. The monoisotopic (exact) mass is 258 g/mol. The third kappa shape index (κ3) is 2.64. The van der Waals surface area contributed by atoms with Gasteiger partial charge in [-0.05, 0) is 36.9 Å². The molecule has 2 fully saturated rings. The number of rotatable bonds is 2. The summed E-state index contributed by atoms with van der Waals surface area (Å²) in [6, 6.07) is 9.77. The van der Waals surface area contributed by atoms with Gasteiger partial charge in [0.15, 0.2) is 0 Å². The predicted molar refractivity (Wildman–Crippen MR) is 82.0 cm³/mol. The van der Waals surface area contributed by atoms with E-state index < -0.39 is 0 Å². The van der Waals surface area contributed by atoms with Gasteiger partial charge in [-0.2, -0.15) is 0 Å². The lowest BCUT2D eigenvalue weighted by Gasteiger charge is -2.45. The normalized spacial score (nSPS) is 24.6. The lowest BCUT2D eigenvalue weighted by atomic mass is 9.96. The van der Waals surface area contributed by atoms with Crippen LogP contribution in [0, 0.1) is 0 Å². The van der Waals surface area contributed by atoms with Crippen molar-refractivity contribution in [2.75, 3.05) is 31.1 Å². The van der Waals surface area contributed by atoms with Gasteiger partial charge in [0.05, 0.1) is 0 Å². The largest absolute Gasteiger partial charge is 0.368 e. The van der Waals surface area contributed by atoms with E-state index in [1.54, 1.807) is 0 Å². The molecule has 19 heavy (non-hydrogen) atoms. The summed E-state index contributed by atoms with van der Waals surface area (Å²) in [6.45, 7) is 9.59. The second-order valence-electron chi connectivity index (χ2n) is 6.35. The second kappa shape index (κ2) is 5.54. The first kappa shape index (κ1) is 13.0. The highest BCUT2D eigenvalue weighted by Gasteiger charge is 2.29. The number of nitrogens with zero attached hydrogens (tertiary/aromatic N) is 2. The lowest BCUT2D eigenvalue weighted by Crippen LogP contribution is -2.55. The topological polar surface area (TPSA) is 6.48 Å². The van der Waals surface area contributed by atoms with Gasteiger partial charge in [-0.15, -0.1) is 0 Å². The average molecular weight is 258 g/mol. The zero-order valence-electron chi connectivity index (χ0n) is 12.3. The average Bonchev–Trinajstić information content (AvgIpc) is 2.46. The maximum Gasteiger partial charge on any atom is 0.0402 e. The minimum absolute atomic E-state index is 0.612. The summed E-state index contributed by atoms with van der Waals surface area (Å²) in [5.41, 5.74) is 2.98. The van der Waals surface area contributed by atoms with E-state index in [1.165, 1.54) is 56.7 Å². The second-order valence-corrected chi connectivity index (χ2v) is 6.35. The quantitative estimate of drug-likeness (QED) is 0.801. The molecule has 3 rings (SSSR count). The van der Waals surface area contributed by atoms with Gasteiger partial charge in [-0.1, -0.05) is 38.5 Å². The first-order valence-electron chi connectivity index (χ1n) is 7.83. The molecular weight excluding hydrogens is 232 g/mol. The first-order valence-corrected chi connectivity index (χ1v) is 7.83. The molecule has 2 heteroatoms. The molecule has 1 aromatic carbocycles. The molecule has 0 bridgehead atoms. The molecule has 1 atom stereocenters. The summed E-state index contributed by atoms with van der Waals surface area (Å²) < 4.78 is 0. The van der Waals surface area contributed by atoms with Gasteiger partial charge in [-0.25, -0.2) is 0 Å². The Hall–Kier alpha value is -1.02. The molecule has 0 radical (unpaired) electrons. The van der Waals surface area contributed by atoms with Crippen LogP contribution in [0.25, 0.3) is 0 Å². The van der Waals surface area contributed by atoms with Crippen molar-refractivity contribution in [3.63, 3.8) is 0 Å². The van der Waals surface area contributed by atoms with Crippen LogP contribution in [0.15, 0.2) is 24.3 Å². The van der Waals surface area contributed by atoms with Crippen LogP contribution >= 0.6 is 0 Å². The summed E-state index contributed by atoms with van der Waals surface area (Å²) >= 11 is 0. The van der Waals surface area contributed by atoms with Crippen LogP contribution in [0.3, 0.4) is 0 Å². The molecule has 1 unspecified atom stereocenters. The van der Waals surface area contributed by atoms with Gasteiger partial charge in [0.25, 0.3) is 0 Å². The molecule has 2 aliphatic rings. The number of anilines is 1. The molecule has 0 amide bonds. The Kier molecular flexibility index (Phi) is 3.79. The van der Waals surface area contributed by atoms with Crippen molar-refractivity contribution in [3.05, 3.63) is 29.8 Å². The van der Waals surface area contributed by atoms with Crippen molar-refractivity contribution < 1.29 is 0 Å². The molecule has 0 saturated carbocycles. The van der Waals surface area contributed by atoms with E-state index in [4.69, 9.17) is 0 Å². The summed E-state index contributed by atoms with van der Waals surface area (Å²) in [4.78, 5) is 5.33. The Bertz CT molecular complexity index is 427. The van der Waals surface area contributed by atoms with Crippen LogP contribution < -0.4 is 4.90 Å². The van der Waals surface area contributed by atoms with E-state index in [1.807, 2.05) is 0 Å². The van der Waals surface area contributed by atoms with Gasteiger partial charge >= 0.3 is 0 Å². The van der Waals surface area contributed by atoms with Crippen molar-refractivity contribution >= 4 is 5.69 Å². The van der Waals surface area contributed by atoms with Crippen LogP contribution in [0.5, 0.6) is 0 Å². The molecule has 104 valence electrons. The number of benzene rings is 1. The van der Waals surface area contributed by atoms with Crippen molar-refractivity contribution in [3.8, 4) is 0 Å². The lowest BCUT2D eigenvalue weighted by molar-refractivity contribution is 0.133. The van der Waals surface area contributed by atoms with E-state index in [0.29, 0.717) is 5.92 Å². The van der Waals surface area contributed by atoms with Crippen molar-refractivity contribution in [2.24, 2.45) is 0 Å². The minimum Gasteiger partial charge on any atom is -0.368 e. The molecule has 2 heterocycles. The van der Waals surface area contributed by atoms with Crippen LogP contribution in [-0.4, -0.2) is 37.1 Å². The molecule has 0 N–H and O–H groups in total. The van der Waals surface area contributed by atoms with Crippen LogP contribution in [0.1, 0.15) is 44.6 Å². The number of hydrogen-bond donors (Lipinski definition) is 0. The highest BCUT2D eigenvalue weighted by atomic mass is 15.3. The Morgan fingerprint density at radius 3 is 2.74 bits per heavy atom. The zero-order valence-corrected chi connectivity index (χ0v) is 12.3. The maximum atomic E-state index is 2.71. The third-order valence-electron chi connectivity index (χ3n) is 4.74. The van der Waals surface area contributed by atoms with E-state index in [2.05, 4.69) is 47.9 Å². The molecule has 1 aromatic rings. The van der Waals surface area contributed by atoms with E-state index in [0.717, 1.165) is 6.04 Å². The number of para-hydroxylation sites is 1. The standard InChI is InChI=1S/C17H26N2/c1-14(2)16-8-3-4-9-17(16)19-12-11-18-10-6-5-7-15(18)13-19/h3-4,8-9,14-15H,5-7,10-13H2,1-2H3. The van der Waals surface area contributed by atoms with Crippen molar-refractivity contribution in [1.29, 1.82) is 0 Å². The Morgan fingerprint density at radius 1 is 1.05 bits per heavy atom. The summed E-state index contributed by atoms with van der Waals surface area (Å²) in [7, 11) is 0. The van der Waals surface area contributed by atoms with Crippen LogP contribution in [-0.2, 0) is 0 Å². The number of fused-ring (bicyclic) bond motifs is 1. The van der Waals surface area contributed by atoms with Gasteiger partial charge in [0.2, 0.25) is 0 Å². The fourth-order valence-corrected chi connectivity index (χ4v) is 3.64. The SMILES string of the molecule is CC(C)c1ccccc1N1CCN2CCCCC2C1. The summed E-state index contributed by atoms with van der Waals surface area (Å²) in [5.74, 6) is 0.612. The number of piperazine rings is 1. The van der Waals surface area contributed by atoms with E-state index in [9.17, 15) is 0 Å². The van der Waals surface area contributed by atoms with Crippen molar-refractivity contribution in [2.45, 2.75) is 45.1 Å². The van der Waals surface area contributed by atoms with Gasteiger partial charge in [0, 0.05) is 31.4 Å². The van der Waals surface area contributed by atoms with E-state index >= 15 is 0 Å². The molecule has 2 aliphatic heterocycles. The third-order valence-corrected chi connectivity index (χ3v) is 4.74. The highest BCUT2D eigenvalue weighted by Crippen LogP contribution is 2.30.